The first-order valence-electron chi connectivity index (χ1n) is 6.33. The molecule has 2 aromatic rings. The van der Waals surface area contributed by atoms with Gasteiger partial charge in [0.05, 0.1) is 10.4 Å². The lowest BCUT2D eigenvalue weighted by atomic mass is 10.1. The number of hydrogen-bond acceptors (Lipinski definition) is 4. The number of rotatable bonds is 3. The highest BCUT2D eigenvalue weighted by molar-refractivity contribution is 7.13. The van der Waals surface area contributed by atoms with E-state index in [2.05, 4.69) is 39.5 Å². The van der Waals surface area contributed by atoms with Crippen LogP contribution in [-0.4, -0.2) is 36.1 Å². The van der Waals surface area contributed by atoms with Gasteiger partial charge in [-0.05, 0) is 11.1 Å². The van der Waals surface area contributed by atoms with Gasteiger partial charge in [0.1, 0.15) is 0 Å². The molecule has 1 saturated heterocycles. The van der Waals surface area contributed by atoms with E-state index in [1.807, 2.05) is 11.7 Å². The molecule has 0 spiro atoms. The van der Waals surface area contributed by atoms with Crippen LogP contribution in [0.2, 0.25) is 0 Å². The molecule has 0 bridgehead atoms. The van der Waals surface area contributed by atoms with Gasteiger partial charge in [-0.25, -0.2) is 0 Å². The van der Waals surface area contributed by atoms with E-state index in [9.17, 15) is 0 Å². The van der Waals surface area contributed by atoms with Crippen LogP contribution in [0.5, 0.6) is 0 Å². The second-order valence-electron chi connectivity index (χ2n) is 4.55. The fraction of sp³-hybridized carbons (Fsp3) is 0.357. The molecule has 1 aliphatic heterocycles. The van der Waals surface area contributed by atoms with E-state index in [4.69, 9.17) is 0 Å². The van der Waals surface area contributed by atoms with E-state index in [0.29, 0.717) is 0 Å². The Morgan fingerprint density at radius 1 is 1.22 bits per heavy atom. The molecule has 1 aliphatic rings. The van der Waals surface area contributed by atoms with E-state index in [0.717, 1.165) is 32.7 Å². The second-order valence-corrected chi connectivity index (χ2v) is 5.44. The number of aromatic nitrogens is 1. The SMILES string of the molecule is c1ccc(-c2cncs2)c(CN2CCNCC2)c1. The Kier molecular flexibility index (Phi) is 3.69. The smallest absolute Gasteiger partial charge is 0.0797 e. The van der Waals surface area contributed by atoms with Crippen LogP contribution in [0, 0.1) is 0 Å². The van der Waals surface area contributed by atoms with E-state index in [1.165, 1.54) is 16.0 Å². The Labute approximate surface area is 111 Å². The molecule has 0 saturated carbocycles. The van der Waals surface area contributed by atoms with E-state index in [-0.39, 0.29) is 0 Å². The normalized spacial score (nSPS) is 16.9. The third kappa shape index (κ3) is 2.61. The number of benzene rings is 1. The number of thiazole rings is 1. The summed E-state index contributed by atoms with van der Waals surface area (Å²) in [5.41, 5.74) is 4.64. The third-order valence-corrected chi connectivity index (χ3v) is 4.13. The van der Waals surface area contributed by atoms with Crippen molar-refractivity contribution < 1.29 is 0 Å². The standard InChI is InChI=1S/C14H17N3S/c1-2-4-13(14-9-16-11-18-14)12(3-1)10-17-7-5-15-6-8-17/h1-4,9,11,15H,5-8,10H2. The first-order chi connectivity index (χ1) is 8.93. The zero-order chi connectivity index (χ0) is 12.2. The zero-order valence-corrected chi connectivity index (χ0v) is 11.1. The summed E-state index contributed by atoms with van der Waals surface area (Å²) in [7, 11) is 0. The molecule has 0 amide bonds. The Morgan fingerprint density at radius 2 is 2.06 bits per heavy atom. The first kappa shape index (κ1) is 11.8. The van der Waals surface area contributed by atoms with Crippen LogP contribution in [0.4, 0.5) is 0 Å². The average Bonchev–Trinajstić information content (AvgIpc) is 2.94. The van der Waals surface area contributed by atoms with Crippen LogP contribution >= 0.6 is 11.3 Å². The molecule has 3 nitrogen and oxygen atoms in total. The Morgan fingerprint density at radius 3 is 2.83 bits per heavy atom. The molecule has 4 heteroatoms. The molecule has 1 aromatic carbocycles. The molecule has 94 valence electrons. The van der Waals surface area contributed by atoms with Gasteiger partial charge in [-0.3, -0.25) is 9.88 Å². The summed E-state index contributed by atoms with van der Waals surface area (Å²) in [6.07, 6.45) is 1.96. The van der Waals surface area contributed by atoms with Crippen molar-refractivity contribution in [2.45, 2.75) is 6.54 Å². The van der Waals surface area contributed by atoms with Crippen LogP contribution in [0.3, 0.4) is 0 Å². The zero-order valence-electron chi connectivity index (χ0n) is 10.3. The molecular weight excluding hydrogens is 242 g/mol. The quantitative estimate of drug-likeness (QED) is 0.916. The van der Waals surface area contributed by atoms with Crippen molar-refractivity contribution in [3.05, 3.63) is 41.5 Å². The minimum atomic E-state index is 1.04. The lowest BCUT2D eigenvalue weighted by Crippen LogP contribution is -2.42. The van der Waals surface area contributed by atoms with E-state index in [1.54, 1.807) is 11.3 Å². The van der Waals surface area contributed by atoms with Gasteiger partial charge in [-0.2, -0.15) is 0 Å². The summed E-state index contributed by atoms with van der Waals surface area (Å²) in [4.78, 5) is 7.96. The molecule has 18 heavy (non-hydrogen) atoms. The van der Waals surface area contributed by atoms with E-state index < -0.39 is 0 Å². The van der Waals surface area contributed by atoms with Crippen LogP contribution in [0.1, 0.15) is 5.56 Å². The Balaban J connectivity index is 1.83. The topological polar surface area (TPSA) is 28.2 Å². The van der Waals surface area contributed by atoms with Gasteiger partial charge in [0.15, 0.2) is 0 Å². The molecule has 2 heterocycles. The van der Waals surface area contributed by atoms with Crippen LogP contribution in [-0.2, 0) is 6.54 Å². The van der Waals surface area contributed by atoms with Crippen LogP contribution < -0.4 is 5.32 Å². The summed E-state index contributed by atoms with van der Waals surface area (Å²) in [6, 6.07) is 8.67. The van der Waals surface area contributed by atoms with Crippen molar-refractivity contribution in [3.63, 3.8) is 0 Å². The Hall–Kier alpha value is -1.23. The van der Waals surface area contributed by atoms with Crippen molar-refractivity contribution in [1.82, 2.24) is 15.2 Å². The number of hydrogen-bond donors (Lipinski definition) is 1. The molecule has 0 unspecified atom stereocenters. The van der Waals surface area contributed by atoms with Crippen molar-refractivity contribution in [2.75, 3.05) is 26.2 Å². The summed E-state index contributed by atoms with van der Waals surface area (Å²) >= 11 is 1.71. The number of nitrogens with zero attached hydrogens (tertiary/aromatic N) is 2. The fourth-order valence-corrected chi connectivity index (χ4v) is 3.04. The summed E-state index contributed by atoms with van der Waals surface area (Å²) in [5.74, 6) is 0. The molecule has 0 atom stereocenters. The highest BCUT2D eigenvalue weighted by Gasteiger charge is 2.13. The maximum absolute atomic E-state index is 4.18. The largest absolute Gasteiger partial charge is 0.314 e. The Bertz CT molecular complexity index is 490. The monoisotopic (exact) mass is 259 g/mol. The van der Waals surface area contributed by atoms with Gasteiger partial charge in [0.2, 0.25) is 0 Å². The van der Waals surface area contributed by atoms with Gasteiger partial charge in [-0.15, -0.1) is 11.3 Å². The first-order valence-corrected chi connectivity index (χ1v) is 7.21. The highest BCUT2D eigenvalue weighted by Crippen LogP contribution is 2.27. The van der Waals surface area contributed by atoms with Crippen LogP contribution in [0.15, 0.2) is 36.0 Å². The van der Waals surface area contributed by atoms with Crippen LogP contribution in [0.25, 0.3) is 10.4 Å². The average molecular weight is 259 g/mol. The van der Waals surface area contributed by atoms with Gasteiger partial charge in [-0.1, -0.05) is 24.3 Å². The lowest BCUT2D eigenvalue weighted by Gasteiger charge is -2.27. The van der Waals surface area contributed by atoms with E-state index >= 15 is 0 Å². The predicted octanol–water partition coefficient (Wildman–Crippen LogP) is 2.22. The molecule has 1 aromatic heterocycles. The molecular formula is C14H17N3S. The number of nitrogens with one attached hydrogen (secondary N) is 1. The molecule has 0 radical (unpaired) electrons. The maximum atomic E-state index is 4.18. The fourth-order valence-electron chi connectivity index (χ4n) is 2.36. The molecule has 3 rings (SSSR count). The summed E-state index contributed by atoms with van der Waals surface area (Å²) in [6.45, 7) is 5.51. The molecule has 0 aliphatic carbocycles. The van der Waals surface area contributed by atoms with Crippen molar-refractivity contribution in [2.24, 2.45) is 0 Å². The minimum Gasteiger partial charge on any atom is -0.314 e. The molecule has 1 N–H and O–H groups in total. The number of piperazine rings is 1. The summed E-state index contributed by atoms with van der Waals surface area (Å²) < 4.78 is 0. The van der Waals surface area contributed by atoms with Gasteiger partial charge >= 0.3 is 0 Å². The van der Waals surface area contributed by atoms with Crippen molar-refractivity contribution in [3.8, 4) is 10.4 Å². The maximum Gasteiger partial charge on any atom is 0.0797 e. The molecule has 1 fully saturated rings. The van der Waals surface area contributed by atoms with Crippen molar-refractivity contribution >= 4 is 11.3 Å². The third-order valence-electron chi connectivity index (χ3n) is 3.32. The predicted molar refractivity (Wildman–Crippen MR) is 75.7 cm³/mol. The van der Waals surface area contributed by atoms with Gasteiger partial charge < -0.3 is 5.32 Å². The van der Waals surface area contributed by atoms with Gasteiger partial charge in [0.25, 0.3) is 0 Å². The second kappa shape index (κ2) is 5.61. The summed E-state index contributed by atoms with van der Waals surface area (Å²) in [5, 5.41) is 3.39. The van der Waals surface area contributed by atoms with Crippen molar-refractivity contribution in [1.29, 1.82) is 0 Å². The highest BCUT2D eigenvalue weighted by atomic mass is 32.1. The van der Waals surface area contributed by atoms with Gasteiger partial charge in [0, 0.05) is 38.9 Å². The minimum absolute atomic E-state index is 1.04. The lowest BCUT2D eigenvalue weighted by molar-refractivity contribution is 0.233.